The summed E-state index contributed by atoms with van der Waals surface area (Å²) in [6, 6.07) is 0. The molecule has 2 aromatic rings. The number of rotatable bonds is 10. The highest BCUT2D eigenvalue weighted by molar-refractivity contribution is 7.99. The van der Waals surface area contributed by atoms with Crippen molar-refractivity contribution in [3.8, 4) is 0 Å². The Morgan fingerprint density at radius 2 is 1.91 bits per heavy atom. The molecule has 0 aliphatic heterocycles. The normalized spacial score (nSPS) is 16.3. The van der Waals surface area contributed by atoms with Crippen molar-refractivity contribution >= 4 is 40.0 Å². The number of aryl methyl sites for hydroxylation is 2. The van der Waals surface area contributed by atoms with E-state index in [-0.39, 0.29) is 17.6 Å². The first kappa shape index (κ1) is 25.2. The van der Waals surface area contributed by atoms with Gasteiger partial charge in [-0.05, 0) is 57.4 Å². The quantitative estimate of drug-likeness (QED) is 0.332. The van der Waals surface area contributed by atoms with E-state index in [1.807, 2.05) is 0 Å². The van der Waals surface area contributed by atoms with Gasteiger partial charge in [-0.1, -0.05) is 43.9 Å². The lowest BCUT2D eigenvalue weighted by molar-refractivity contribution is -0.113. The van der Waals surface area contributed by atoms with Gasteiger partial charge in [-0.2, -0.15) is 0 Å². The molecule has 0 saturated heterocycles. The highest BCUT2D eigenvalue weighted by Gasteiger charge is 2.27. The van der Waals surface area contributed by atoms with Crippen molar-refractivity contribution in [2.75, 3.05) is 17.7 Å². The molecule has 4 rings (SSSR count). The monoisotopic (exact) mass is 504 g/mol. The fourth-order valence-electron chi connectivity index (χ4n) is 5.10. The molecule has 1 amide bonds. The second-order valence-electron chi connectivity index (χ2n) is 9.16. The number of nitrogens with zero attached hydrogens (tertiary/aromatic N) is 3. The number of fused-ring (bicyclic) bond motifs is 1. The second-order valence-corrected chi connectivity index (χ2v) is 11.2. The Balaban J connectivity index is 1.37. The van der Waals surface area contributed by atoms with Gasteiger partial charge in [0.05, 0.1) is 17.9 Å². The number of amides is 1. The number of thiophene rings is 1. The fraction of sp³-hybridized carbons (Fsp3) is 0.680. The van der Waals surface area contributed by atoms with Gasteiger partial charge in [0.15, 0.2) is 5.16 Å². The van der Waals surface area contributed by atoms with Crippen LogP contribution in [0.25, 0.3) is 0 Å². The highest BCUT2D eigenvalue weighted by atomic mass is 32.2. The number of hydrogen-bond donors (Lipinski definition) is 1. The smallest absolute Gasteiger partial charge is 0.341 e. The number of nitrogens with one attached hydrogen (secondary N) is 1. The van der Waals surface area contributed by atoms with Crippen LogP contribution < -0.4 is 5.32 Å². The largest absolute Gasteiger partial charge is 0.462 e. The topological polar surface area (TPSA) is 86.1 Å². The number of aromatic nitrogens is 3. The van der Waals surface area contributed by atoms with Crippen LogP contribution in [0.5, 0.6) is 0 Å². The predicted octanol–water partition coefficient (Wildman–Crippen LogP) is 5.66. The van der Waals surface area contributed by atoms with Gasteiger partial charge in [0.25, 0.3) is 0 Å². The Labute approximate surface area is 210 Å². The number of ether oxygens (including phenoxy) is 1. The number of thioether (sulfide) groups is 1. The molecule has 0 radical (unpaired) electrons. The zero-order chi connectivity index (χ0) is 23.9. The molecule has 9 heteroatoms. The maximum atomic E-state index is 12.8. The van der Waals surface area contributed by atoms with Crippen LogP contribution in [0, 0.1) is 5.92 Å². The molecule has 2 aliphatic rings. The maximum absolute atomic E-state index is 12.8. The summed E-state index contributed by atoms with van der Waals surface area (Å²) >= 11 is 2.93. The van der Waals surface area contributed by atoms with Crippen LogP contribution in [0.4, 0.5) is 5.00 Å². The van der Waals surface area contributed by atoms with E-state index in [0.717, 1.165) is 61.1 Å². The molecule has 0 atom stereocenters. The molecule has 2 aromatic heterocycles. The van der Waals surface area contributed by atoms with Crippen LogP contribution in [-0.2, 0) is 35.3 Å². The van der Waals surface area contributed by atoms with Crippen molar-refractivity contribution in [3.05, 3.63) is 21.8 Å². The van der Waals surface area contributed by atoms with E-state index in [4.69, 9.17) is 4.74 Å². The zero-order valence-electron chi connectivity index (χ0n) is 20.4. The molecule has 1 saturated carbocycles. The van der Waals surface area contributed by atoms with Gasteiger partial charge in [-0.25, -0.2) is 4.79 Å². The van der Waals surface area contributed by atoms with Gasteiger partial charge in [-0.3, -0.25) is 4.79 Å². The lowest BCUT2D eigenvalue weighted by Crippen LogP contribution is -2.17. The average Bonchev–Trinajstić information content (AvgIpc) is 3.42. The van der Waals surface area contributed by atoms with Gasteiger partial charge >= 0.3 is 5.97 Å². The molecule has 1 N–H and O–H groups in total. The number of anilines is 1. The van der Waals surface area contributed by atoms with Gasteiger partial charge in [0.2, 0.25) is 5.91 Å². The molecule has 2 aliphatic carbocycles. The molecular weight excluding hydrogens is 468 g/mol. The van der Waals surface area contributed by atoms with E-state index in [9.17, 15) is 9.59 Å². The number of hydrogen-bond acceptors (Lipinski definition) is 7. The van der Waals surface area contributed by atoms with E-state index in [2.05, 4.69) is 27.0 Å². The summed E-state index contributed by atoms with van der Waals surface area (Å²) in [6.45, 7) is 5.02. The average molecular weight is 505 g/mol. The molecule has 0 bridgehead atoms. The van der Waals surface area contributed by atoms with Gasteiger partial charge in [0, 0.05) is 17.8 Å². The molecule has 0 spiro atoms. The minimum absolute atomic E-state index is 0.136. The molecule has 0 unspecified atom stereocenters. The van der Waals surface area contributed by atoms with Crippen LogP contribution in [0.2, 0.25) is 0 Å². The summed E-state index contributed by atoms with van der Waals surface area (Å²) in [7, 11) is 0. The van der Waals surface area contributed by atoms with Crippen molar-refractivity contribution in [1.82, 2.24) is 14.8 Å². The van der Waals surface area contributed by atoms with Crippen LogP contribution in [0.1, 0.15) is 91.8 Å². The number of esters is 1. The number of carbonyl (C=O) groups is 2. The van der Waals surface area contributed by atoms with Crippen LogP contribution in [-0.4, -0.2) is 39.0 Å². The van der Waals surface area contributed by atoms with Gasteiger partial charge < -0.3 is 14.6 Å². The van der Waals surface area contributed by atoms with E-state index < -0.39 is 0 Å². The molecule has 2 heterocycles. The molecule has 7 nitrogen and oxygen atoms in total. The SMILES string of the molecule is CCOC(=O)c1c(NC(=O)CSc2nnc(CCC3CCCCC3)n2CC)sc2c1CCCC2. The third-order valence-electron chi connectivity index (χ3n) is 6.85. The maximum Gasteiger partial charge on any atom is 0.341 e. The van der Waals surface area contributed by atoms with Crippen molar-refractivity contribution in [2.24, 2.45) is 5.92 Å². The first-order valence-electron chi connectivity index (χ1n) is 12.8. The lowest BCUT2D eigenvalue weighted by Gasteiger charge is -2.21. The second kappa shape index (κ2) is 12.2. The Morgan fingerprint density at radius 1 is 1.12 bits per heavy atom. The molecule has 0 aromatic carbocycles. The molecule has 34 heavy (non-hydrogen) atoms. The van der Waals surface area contributed by atoms with E-state index in [1.54, 1.807) is 6.92 Å². The fourth-order valence-corrected chi connectivity index (χ4v) is 7.22. The van der Waals surface area contributed by atoms with Crippen LogP contribution >= 0.6 is 23.1 Å². The molecular formula is C25H36N4O3S2. The van der Waals surface area contributed by atoms with E-state index in [0.29, 0.717) is 17.2 Å². The summed E-state index contributed by atoms with van der Waals surface area (Å²) in [6.07, 6.45) is 12.9. The Morgan fingerprint density at radius 3 is 2.68 bits per heavy atom. The minimum Gasteiger partial charge on any atom is -0.462 e. The van der Waals surface area contributed by atoms with Crippen LogP contribution in [0.15, 0.2) is 5.16 Å². The third kappa shape index (κ3) is 6.03. The van der Waals surface area contributed by atoms with Crippen molar-refractivity contribution < 1.29 is 14.3 Å². The Kier molecular flexibility index (Phi) is 9.05. The Hall–Kier alpha value is -1.87. The Bertz CT molecular complexity index is 995. The first-order chi connectivity index (χ1) is 16.6. The first-order valence-corrected chi connectivity index (χ1v) is 14.6. The predicted molar refractivity (Wildman–Crippen MR) is 137 cm³/mol. The van der Waals surface area contributed by atoms with Gasteiger partial charge in [0.1, 0.15) is 10.8 Å². The van der Waals surface area contributed by atoms with Gasteiger partial charge in [-0.15, -0.1) is 21.5 Å². The third-order valence-corrected chi connectivity index (χ3v) is 9.02. The molecule has 1 fully saturated rings. The van der Waals surface area contributed by atoms with E-state index >= 15 is 0 Å². The van der Waals surface area contributed by atoms with Crippen molar-refractivity contribution in [1.29, 1.82) is 0 Å². The summed E-state index contributed by atoms with van der Waals surface area (Å²) in [5, 5.41) is 13.2. The van der Waals surface area contributed by atoms with Crippen LogP contribution in [0.3, 0.4) is 0 Å². The standard InChI is InChI=1S/C25H36N4O3S2/c1-3-29-20(15-14-17-10-6-5-7-11-17)27-28-25(29)33-16-21(30)26-23-22(24(31)32-4-2)18-12-8-9-13-19(18)34-23/h17H,3-16H2,1-2H3,(H,26,30). The molecule has 186 valence electrons. The summed E-state index contributed by atoms with van der Waals surface area (Å²) in [5.41, 5.74) is 1.62. The summed E-state index contributed by atoms with van der Waals surface area (Å²) in [4.78, 5) is 26.7. The number of carbonyl (C=O) groups excluding carboxylic acids is 2. The van der Waals surface area contributed by atoms with Crippen molar-refractivity contribution in [2.45, 2.75) is 96.2 Å². The summed E-state index contributed by atoms with van der Waals surface area (Å²) < 4.78 is 7.43. The van der Waals surface area contributed by atoms with Crippen molar-refractivity contribution in [3.63, 3.8) is 0 Å². The highest BCUT2D eigenvalue weighted by Crippen LogP contribution is 2.38. The minimum atomic E-state index is -0.335. The summed E-state index contributed by atoms with van der Waals surface area (Å²) in [5.74, 6) is 1.59. The zero-order valence-corrected chi connectivity index (χ0v) is 22.0. The lowest BCUT2D eigenvalue weighted by atomic mass is 9.86. The van der Waals surface area contributed by atoms with E-state index in [1.165, 1.54) is 66.5 Å².